The second-order valence-corrected chi connectivity index (χ2v) is 4.68. The van der Waals surface area contributed by atoms with Gasteiger partial charge in [0.25, 0.3) is 0 Å². The molecule has 0 bridgehead atoms. The van der Waals surface area contributed by atoms with Crippen molar-refractivity contribution in [3.05, 3.63) is 15.6 Å². The van der Waals surface area contributed by atoms with Crippen molar-refractivity contribution in [2.24, 2.45) is 0 Å². The molecule has 2 unspecified atom stereocenters. The molecule has 0 aliphatic rings. The summed E-state index contributed by atoms with van der Waals surface area (Å²) >= 11 is 1.70. The van der Waals surface area contributed by atoms with Gasteiger partial charge in [0.05, 0.1) is 16.8 Å². The van der Waals surface area contributed by atoms with Gasteiger partial charge in [0.1, 0.15) is 0 Å². The molecular formula is C10H17NOS. The Hall–Kier alpha value is -0.410. The molecule has 0 spiro atoms. The first-order chi connectivity index (χ1) is 6.06. The van der Waals surface area contributed by atoms with E-state index in [0.29, 0.717) is 0 Å². The van der Waals surface area contributed by atoms with E-state index in [-0.39, 0.29) is 12.0 Å². The Morgan fingerprint density at radius 2 is 2.08 bits per heavy atom. The van der Waals surface area contributed by atoms with Crippen molar-refractivity contribution in [3.63, 3.8) is 0 Å². The molecule has 1 heterocycles. The second-order valence-electron chi connectivity index (χ2n) is 3.45. The van der Waals surface area contributed by atoms with Crippen LogP contribution in [0.2, 0.25) is 0 Å². The Kier molecular flexibility index (Phi) is 3.45. The maximum Gasteiger partial charge on any atom is 0.0987 e. The third-order valence-electron chi connectivity index (χ3n) is 2.38. The predicted molar refractivity (Wildman–Crippen MR) is 56.3 cm³/mol. The van der Waals surface area contributed by atoms with Crippen LogP contribution >= 0.6 is 11.3 Å². The molecule has 13 heavy (non-hydrogen) atoms. The van der Waals surface area contributed by atoms with Gasteiger partial charge in [0.15, 0.2) is 0 Å². The summed E-state index contributed by atoms with van der Waals surface area (Å²) in [6.45, 7) is 8.01. The summed E-state index contributed by atoms with van der Waals surface area (Å²) in [5.41, 5.74) is 1.10. The Balaban J connectivity index is 2.92. The Morgan fingerprint density at radius 1 is 1.46 bits per heavy atom. The molecule has 1 aromatic rings. The van der Waals surface area contributed by atoms with Crippen LogP contribution in [0.5, 0.6) is 0 Å². The maximum atomic E-state index is 9.53. The van der Waals surface area contributed by atoms with Crippen molar-refractivity contribution in [3.8, 4) is 0 Å². The molecule has 0 radical (unpaired) electrons. The lowest BCUT2D eigenvalue weighted by molar-refractivity contribution is 0.159. The molecule has 2 nitrogen and oxygen atoms in total. The number of aromatic nitrogens is 1. The molecule has 2 atom stereocenters. The lowest BCUT2D eigenvalue weighted by atomic mass is 10.0. The summed E-state index contributed by atoms with van der Waals surface area (Å²) < 4.78 is 0. The van der Waals surface area contributed by atoms with E-state index in [1.54, 1.807) is 11.3 Å². The van der Waals surface area contributed by atoms with E-state index in [4.69, 9.17) is 0 Å². The lowest BCUT2D eigenvalue weighted by Crippen LogP contribution is -2.13. The van der Waals surface area contributed by atoms with Crippen molar-refractivity contribution in [2.75, 3.05) is 0 Å². The summed E-state index contributed by atoms with van der Waals surface area (Å²) in [6.07, 6.45) is 0.652. The van der Waals surface area contributed by atoms with Crippen LogP contribution in [-0.4, -0.2) is 16.2 Å². The van der Waals surface area contributed by atoms with Gasteiger partial charge in [-0.3, -0.25) is 0 Å². The van der Waals surface area contributed by atoms with E-state index in [9.17, 15) is 5.11 Å². The summed E-state index contributed by atoms with van der Waals surface area (Å²) in [4.78, 5) is 5.72. The number of hydrogen-bond acceptors (Lipinski definition) is 3. The summed E-state index contributed by atoms with van der Waals surface area (Å²) in [5, 5.41) is 10.6. The Morgan fingerprint density at radius 3 is 2.38 bits per heavy atom. The average Bonchev–Trinajstić information content (AvgIpc) is 2.32. The van der Waals surface area contributed by atoms with Gasteiger partial charge in [-0.2, -0.15) is 0 Å². The number of aliphatic hydroxyl groups excluding tert-OH is 1. The van der Waals surface area contributed by atoms with Gasteiger partial charge in [-0.05, 0) is 27.2 Å². The van der Waals surface area contributed by atoms with E-state index in [1.165, 1.54) is 4.88 Å². The minimum Gasteiger partial charge on any atom is -0.393 e. The molecule has 1 N–H and O–H groups in total. The molecule has 1 rings (SSSR count). The topological polar surface area (TPSA) is 33.1 Å². The predicted octanol–water partition coefficient (Wildman–Crippen LogP) is 2.63. The molecule has 0 saturated carbocycles. The quantitative estimate of drug-likeness (QED) is 0.811. The Labute approximate surface area is 83.6 Å². The SMILES string of the molecule is CCC(c1nc(C)c(C)s1)C(C)O. The summed E-state index contributed by atoms with van der Waals surface area (Å²) in [6, 6.07) is 0. The first-order valence-corrected chi connectivity index (χ1v) is 5.49. The van der Waals surface area contributed by atoms with Crippen molar-refractivity contribution in [1.82, 2.24) is 4.98 Å². The van der Waals surface area contributed by atoms with E-state index in [2.05, 4.69) is 18.8 Å². The van der Waals surface area contributed by atoms with Crippen LogP contribution in [0.15, 0.2) is 0 Å². The molecule has 0 aliphatic heterocycles. The standard InChI is InChI=1S/C10H17NOS/c1-5-9(7(3)12)10-11-6(2)8(4)13-10/h7,9,12H,5H2,1-4H3. The molecule has 0 saturated heterocycles. The zero-order valence-corrected chi connectivity index (χ0v) is 9.48. The van der Waals surface area contributed by atoms with Gasteiger partial charge in [-0.1, -0.05) is 6.92 Å². The molecule has 0 amide bonds. The zero-order valence-electron chi connectivity index (χ0n) is 8.66. The summed E-state index contributed by atoms with van der Waals surface area (Å²) in [7, 11) is 0. The average molecular weight is 199 g/mol. The molecule has 1 aromatic heterocycles. The molecular weight excluding hydrogens is 182 g/mol. The van der Waals surface area contributed by atoms with Crippen LogP contribution in [0.4, 0.5) is 0 Å². The lowest BCUT2D eigenvalue weighted by Gasteiger charge is -2.14. The van der Waals surface area contributed by atoms with Crippen LogP contribution in [0.25, 0.3) is 0 Å². The van der Waals surface area contributed by atoms with E-state index in [1.807, 2.05) is 13.8 Å². The number of rotatable bonds is 3. The van der Waals surface area contributed by atoms with Crippen LogP contribution in [0, 0.1) is 13.8 Å². The normalized spacial score (nSPS) is 15.8. The van der Waals surface area contributed by atoms with Gasteiger partial charge >= 0.3 is 0 Å². The largest absolute Gasteiger partial charge is 0.393 e. The van der Waals surface area contributed by atoms with Crippen LogP contribution in [0.1, 0.15) is 41.8 Å². The van der Waals surface area contributed by atoms with Gasteiger partial charge < -0.3 is 5.11 Å². The van der Waals surface area contributed by atoms with Gasteiger partial charge in [-0.15, -0.1) is 11.3 Å². The van der Waals surface area contributed by atoms with E-state index >= 15 is 0 Å². The second kappa shape index (κ2) is 4.20. The number of nitrogens with zero attached hydrogens (tertiary/aromatic N) is 1. The fourth-order valence-corrected chi connectivity index (χ4v) is 2.58. The van der Waals surface area contributed by atoms with Crippen molar-refractivity contribution in [2.45, 2.75) is 46.1 Å². The van der Waals surface area contributed by atoms with Crippen molar-refractivity contribution >= 4 is 11.3 Å². The van der Waals surface area contributed by atoms with Gasteiger partial charge in [-0.25, -0.2) is 4.98 Å². The van der Waals surface area contributed by atoms with Crippen LogP contribution in [-0.2, 0) is 0 Å². The molecule has 74 valence electrons. The van der Waals surface area contributed by atoms with Gasteiger partial charge in [0.2, 0.25) is 0 Å². The molecule has 0 fully saturated rings. The monoisotopic (exact) mass is 199 g/mol. The van der Waals surface area contributed by atoms with Crippen LogP contribution in [0.3, 0.4) is 0 Å². The first kappa shape index (κ1) is 10.7. The highest BCUT2D eigenvalue weighted by molar-refractivity contribution is 7.11. The number of thiazole rings is 1. The number of hydrogen-bond donors (Lipinski definition) is 1. The molecule has 0 aromatic carbocycles. The highest BCUT2D eigenvalue weighted by Gasteiger charge is 2.19. The van der Waals surface area contributed by atoms with E-state index < -0.39 is 0 Å². The molecule has 3 heteroatoms. The van der Waals surface area contributed by atoms with Crippen molar-refractivity contribution < 1.29 is 5.11 Å². The smallest absolute Gasteiger partial charge is 0.0987 e. The minimum atomic E-state index is -0.296. The van der Waals surface area contributed by atoms with Crippen molar-refractivity contribution in [1.29, 1.82) is 0 Å². The Bertz CT molecular complexity index is 261. The minimum absolute atomic E-state index is 0.206. The maximum absolute atomic E-state index is 9.53. The fourth-order valence-electron chi connectivity index (χ4n) is 1.38. The zero-order chi connectivity index (χ0) is 10.0. The third-order valence-corrected chi connectivity index (χ3v) is 3.59. The van der Waals surface area contributed by atoms with E-state index in [0.717, 1.165) is 17.1 Å². The highest BCUT2D eigenvalue weighted by Crippen LogP contribution is 2.28. The summed E-state index contributed by atoms with van der Waals surface area (Å²) in [5.74, 6) is 0.206. The third kappa shape index (κ3) is 2.29. The highest BCUT2D eigenvalue weighted by atomic mass is 32.1. The fraction of sp³-hybridized carbons (Fsp3) is 0.700. The molecule has 0 aliphatic carbocycles. The number of aliphatic hydroxyl groups is 1. The first-order valence-electron chi connectivity index (χ1n) is 4.68. The van der Waals surface area contributed by atoms with Gasteiger partial charge in [0, 0.05) is 10.8 Å². The van der Waals surface area contributed by atoms with Crippen LogP contribution < -0.4 is 0 Å². The number of aryl methyl sites for hydroxylation is 2.